The second-order valence-electron chi connectivity index (χ2n) is 3.97. The first-order valence-corrected chi connectivity index (χ1v) is 5.36. The minimum Gasteiger partial charge on any atom is -0.385 e. The summed E-state index contributed by atoms with van der Waals surface area (Å²) in [6, 6.07) is 0. The van der Waals surface area contributed by atoms with Crippen molar-refractivity contribution in [3.63, 3.8) is 0 Å². The SMILES string of the molecule is C=C(C1=CC=C(C)CC1)C(CC)=C(N)N. The molecule has 0 bridgehead atoms. The molecule has 0 atom stereocenters. The molecule has 2 heteroatoms. The summed E-state index contributed by atoms with van der Waals surface area (Å²) in [4.78, 5) is 0. The Morgan fingerprint density at radius 1 is 1.33 bits per heavy atom. The second-order valence-corrected chi connectivity index (χ2v) is 3.97. The van der Waals surface area contributed by atoms with Gasteiger partial charge in [0.2, 0.25) is 0 Å². The predicted octanol–water partition coefficient (Wildman–Crippen LogP) is 2.75. The lowest BCUT2D eigenvalue weighted by Gasteiger charge is -2.17. The molecule has 4 N–H and O–H groups in total. The fourth-order valence-corrected chi connectivity index (χ4v) is 1.78. The van der Waals surface area contributed by atoms with Crippen LogP contribution in [0.3, 0.4) is 0 Å². The van der Waals surface area contributed by atoms with Crippen LogP contribution in [0.5, 0.6) is 0 Å². The summed E-state index contributed by atoms with van der Waals surface area (Å²) in [6.07, 6.45) is 7.25. The Labute approximate surface area is 92.0 Å². The summed E-state index contributed by atoms with van der Waals surface area (Å²) >= 11 is 0. The fraction of sp³-hybridized carbons (Fsp3) is 0.385. The van der Waals surface area contributed by atoms with Gasteiger partial charge in [0, 0.05) is 0 Å². The van der Waals surface area contributed by atoms with Gasteiger partial charge in [0.15, 0.2) is 0 Å². The number of rotatable bonds is 3. The molecule has 0 aromatic heterocycles. The van der Waals surface area contributed by atoms with Crippen LogP contribution >= 0.6 is 0 Å². The van der Waals surface area contributed by atoms with Gasteiger partial charge in [-0.25, -0.2) is 0 Å². The van der Waals surface area contributed by atoms with Gasteiger partial charge >= 0.3 is 0 Å². The summed E-state index contributed by atoms with van der Waals surface area (Å²) in [5.41, 5.74) is 15.9. The van der Waals surface area contributed by atoms with E-state index >= 15 is 0 Å². The third-order valence-electron chi connectivity index (χ3n) is 2.81. The average molecular weight is 204 g/mol. The van der Waals surface area contributed by atoms with Gasteiger partial charge < -0.3 is 11.5 Å². The van der Waals surface area contributed by atoms with Crippen LogP contribution in [-0.4, -0.2) is 0 Å². The van der Waals surface area contributed by atoms with E-state index in [0.29, 0.717) is 5.82 Å². The van der Waals surface area contributed by atoms with E-state index in [4.69, 9.17) is 11.5 Å². The Kier molecular flexibility index (Phi) is 3.78. The van der Waals surface area contributed by atoms with Crippen molar-refractivity contribution < 1.29 is 0 Å². The fourth-order valence-electron chi connectivity index (χ4n) is 1.78. The second kappa shape index (κ2) is 4.87. The highest BCUT2D eigenvalue weighted by Gasteiger charge is 2.11. The monoisotopic (exact) mass is 204 g/mol. The number of hydrogen-bond acceptors (Lipinski definition) is 2. The molecule has 0 aromatic carbocycles. The minimum absolute atomic E-state index is 0.398. The van der Waals surface area contributed by atoms with Gasteiger partial charge in [0.05, 0.1) is 5.82 Å². The quantitative estimate of drug-likeness (QED) is 0.694. The molecule has 1 aliphatic carbocycles. The Morgan fingerprint density at radius 3 is 2.40 bits per heavy atom. The van der Waals surface area contributed by atoms with E-state index in [1.165, 1.54) is 11.1 Å². The van der Waals surface area contributed by atoms with Crippen molar-refractivity contribution in [2.75, 3.05) is 0 Å². The molecule has 0 saturated heterocycles. The van der Waals surface area contributed by atoms with Crippen molar-refractivity contribution in [1.29, 1.82) is 0 Å². The molecule has 1 aliphatic rings. The van der Waals surface area contributed by atoms with Crippen molar-refractivity contribution in [3.8, 4) is 0 Å². The molecule has 0 aliphatic heterocycles. The first-order valence-electron chi connectivity index (χ1n) is 5.36. The van der Waals surface area contributed by atoms with Gasteiger partial charge in [0.25, 0.3) is 0 Å². The molecular formula is C13H20N2. The molecule has 0 spiro atoms. The summed E-state index contributed by atoms with van der Waals surface area (Å²) < 4.78 is 0. The molecule has 15 heavy (non-hydrogen) atoms. The van der Waals surface area contributed by atoms with E-state index in [2.05, 4.69) is 25.7 Å². The third-order valence-corrected chi connectivity index (χ3v) is 2.81. The Bertz CT molecular complexity index is 353. The lowest BCUT2D eigenvalue weighted by atomic mass is 9.89. The maximum atomic E-state index is 5.64. The minimum atomic E-state index is 0.398. The maximum Gasteiger partial charge on any atom is 0.0972 e. The molecule has 0 radical (unpaired) electrons. The van der Waals surface area contributed by atoms with Crippen molar-refractivity contribution in [2.24, 2.45) is 11.5 Å². The van der Waals surface area contributed by atoms with E-state index in [9.17, 15) is 0 Å². The molecule has 2 nitrogen and oxygen atoms in total. The molecular weight excluding hydrogens is 184 g/mol. The molecule has 0 unspecified atom stereocenters. The predicted molar refractivity (Wildman–Crippen MR) is 65.9 cm³/mol. The Hall–Kier alpha value is -1.44. The Balaban J connectivity index is 2.91. The van der Waals surface area contributed by atoms with Crippen molar-refractivity contribution in [3.05, 3.63) is 46.8 Å². The highest BCUT2D eigenvalue weighted by Crippen LogP contribution is 2.28. The van der Waals surface area contributed by atoms with Crippen LogP contribution in [0.2, 0.25) is 0 Å². The van der Waals surface area contributed by atoms with Gasteiger partial charge in [-0.1, -0.05) is 31.2 Å². The molecule has 0 heterocycles. The van der Waals surface area contributed by atoms with Gasteiger partial charge in [-0.2, -0.15) is 0 Å². The third kappa shape index (κ3) is 2.75. The number of allylic oxidation sites excluding steroid dienone is 6. The highest BCUT2D eigenvalue weighted by molar-refractivity contribution is 5.48. The largest absolute Gasteiger partial charge is 0.385 e. The van der Waals surface area contributed by atoms with Crippen LogP contribution in [-0.2, 0) is 0 Å². The number of hydrogen-bond donors (Lipinski definition) is 2. The topological polar surface area (TPSA) is 52.0 Å². The molecule has 0 saturated carbocycles. The first kappa shape index (κ1) is 11.6. The maximum absolute atomic E-state index is 5.64. The number of nitrogens with two attached hydrogens (primary N) is 2. The highest BCUT2D eigenvalue weighted by atomic mass is 14.8. The standard InChI is InChI=1S/C13H20N2/c1-4-12(13(14)15)10(3)11-7-5-9(2)6-8-11/h5,7H,3-4,6,8,14-15H2,1-2H3. The molecule has 0 fully saturated rings. The van der Waals surface area contributed by atoms with E-state index in [0.717, 1.165) is 30.4 Å². The van der Waals surface area contributed by atoms with E-state index in [-0.39, 0.29) is 0 Å². The van der Waals surface area contributed by atoms with Crippen molar-refractivity contribution in [2.45, 2.75) is 33.1 Å². The summed E-state index contributed by atoms with van der Waals surface area (Å²) in [6.45, 7) is 8.27. The smallest absolute Gasteiger partial charge is 0.0972 e. The first-order chi connectivity index (χ1) is 7.06. The van der Waals surface area contributed by atoms with Gasteiger partial charge in [-0.15, -0.1) is 0 Å². The molecule has 0 aromatic rings. The van der Waals surface area contributed by atoms with Gasteiger partial charge in [0.1, 0.15) is 0 Å². The van der Waals surface area contributed by atoms with Crippen LogP contribution < -0.4 is 11.5 Å². The van der Waals surface area contributed by atoms with Crippen LogP contribution in [0.15, 0.2) is 46.8 Å². The molecule has 1 rings (SSSR count). The summed E-state index contributed by atoms with van der Waals surface area (Å²) in [5.74, 6) is 0.398. The Morgan fingerprint density at radius 2 is 2.00 bits per heavy atom. The average Bonchev–Trinajstić information content (AvgIpc) is 2.19. The van der Waals surface area contributed by atoms with Gasteiger partial charge in [-0.3, -0.25) is 0 Å². The zero-order chi connectivity index (χ0) is 11.4. The molecule has 0 amide bonds. The van der Waals surface area contributed by atoms with E-state index in [1.54, 1.807) is 0 Å². The van der Waals surface area contributed by atoms with Crippen LogP contribution in [0.1, 0.15) is 33.1 Å². The van der Waals surface area contributed by atoms with Crippen molar-refractivity contribution >= 4 is 0 Å². The van der Waals surface area contributed by atoms with Crippen LogP contribution in [0.4, 0.5) is 0 Å². The normalized spacial score (nSPS) is 15.3. The van der Waals surface area contributed by atoms with E-state index < -0.39 is 0 Å². The lowest BCUT2D eigenvalue weighted by molar-refractivity contribution is 0.903. The summed E-state index contributed by atoms with van der Waals surface area (Å²) in [5, 5.41) is 0. The lowest BCUT2D eigenvalue weighted by Crippen LogP contribution is -2.13. The zero-order valence-electron chi connectivity index (χ0n) is 9.64. The van der Waals surface area contributed by atoms with E-state index in [1.807, 2.05) is 6.92 Å². The van der Waals surface area contributed by atoms with Crippen LogP contribution in [0, 0.1) is 0 Å². The van der Waals surface area contributed by atoms with Crippen molar-refractivity contribution in [1.82, 2.24) is 0 Å². The molecule has 82 valence electrons. The summed E-state index contributed by atoms with van der Waals surface area (Å²) in [7, 11) is 0. The van der Waals surface area contributed by atoms with Gasteiger partial charge in [-0.05, 0) is 42.9 Å². The zero-order valence-corrected chi connectivity index (χ0v) is 9.64. The van der Waals surface area contributed by atoms with Crippen LogP contribution in [0.25, 0.3) is 0 Å².